The second-order valence-corrected chi connectivity index (χ2v) is 5.74. The first-order valence-electron chi connectivity index (χ1n) is 7.36. The Morgan fingerprint density at radius 1 is 1.26 bits per heavy atom. The highest BCUT2D eigenvalue weighted by Gasteiger charge is 2.52. The fraction of sp³-hybridized carbons (Fsp3) is 0.294. The maximum Gasteiger partial charge on any atom is 0.255 e. The zero-order chi connectivity index (χ0) is 16.4. The number of aliphatic hydroxyl groups is 1. The van der Waals surface area contributed by atoms with Gasteiger partial charge >= 0.3 is 0 Å². The number of aldehydes is 1. The quantitative estimate of drug-likeness (QED) is 0.863. The van der Waals surface area contributed by atoms with Crippen molar-refractivity contribution in [1.29, 1.82) is 0 Å². The van der Waals surface area contributed by atoms with Crippen LogP contribution in [0, 0.1) is 0 Å². The molecule has 1 fully saturated rings. The molecule has 1 aromatic heterocycles. The van der Waals surface area contributed by atoms with Crippen molar-refractivity contribution in [2.24, 2.45) is 0 Å². The van der Waals surface area contributed by atoms with Crippen LogP contribution in [-0.4, -0.2) is 45.3 Å². The lowest BCUT2D eigenvalue weighted by Crippen LogP contribution is -2.58. The van der Waals surface area contributed by atoms with Gasteiger partial charge in [0.2, 0.25) is 0 Å². The summed E-state index contributed by atoms with van der Waals surface area (Å²) in [6.07, 6.45) is 4.17. The van der Waals surface area contributed by atoms with Gasteiger partial charge in [-0.05, 0) is 12.1 Å². The Kier molecular flexibility index (Phi) is 3.92. The van der Waals surface area contributed by atoms with Gasteiger partial charge in [-0.15, -0.1) is 0 Å². The van der Waals surface area contributed by atoms with Crippen molar-refractivity contribution in [3.8, 4) is 0 Å². The predicted molar refractivity (Wildman–Crippen MR) is 82.9 cm³/mol. The molecule has 6 heteroatoms. The van der Waals surface area contributed by atoms with E-state index in [1.165, 1.54) is 4.90 Å². The summed E-state index contributed by atoms with van der Waals surface area (Å²) in [5.74, 6) is 0.219. The number of aromatic nitrogens is 2. The lowest BCUT2D eigenvalue weighted by molar-refractivity contribution is -0.0599. The fourth-order valence-corrected chi connectivity index (χ4v) is 3.04. The van der Waals surface area contributed by atoms with Gasteiger partial charge in [0, 0.05) is 37.8 Å². The minimum absolute atomic E-state index is 0.285. The van der Waals surface area contributed by atoms with E-state index in [-0.39, 0.29) is 5.91 Å². The lowest BCUT2D eigenvalue weighted by atomic mass is 9.72. The van der Waals surface area contributed by atoms with Crippen molar-refractivity contribution in [3.63, 3.8) is 0 Å². The largest absolute Gasteiger partial charge is 0.393 e. The molecule has 1 heterocycles. The summed E-state index contributed by atoms with van der Waals surface area (Å²) in [5.41, 5.74) is -0.0663. The number of carbonyl (C=O) groups is 2. The number of rotatable bonds is 4. The SMILES string of the molecule is CN(C(=O)c1ccccc1C=O)C1(c2ncccn2)CC(O)C1. The molecule has 23 heavy (non-hydrogen) atoms. The minimum atomic E-state index is -0.742. The molecule has 0 radical (unpaired) electrons. The molecule has 1 aromatic carbocycles. The van der Waals surface area contributed by atoms with Crippen LogP contribution in [0.15, 0.2) is 42.7 Å². The summed E-state index contributed by atoms with van der Waals surface area (Å²) in [6, 6.07) is 8.36. The van der Waals surface area contributed by atoms with Gasteiger partial charge in [-0.25, -0.2) is 9.97 Å². The smallest absolute Gasteiger partial charge is 0.255 e. The molecule has 118 valence electrons. The third-order valence-corrected chi connectivity index (χ3v) is 4.39. The number of aliphatic hydroxyl groups excluding tert-OH is 1. The Morgan fingerprint density at radius 2 is 1.91 bits per heavy atom. The molecule has 1 aliphatic carbocycles. The number of benzene rings is 1. The number of carbonyl (C=O) groups excluding carboxylic acids is 2. The third kappa shape index (κ3) is 2.51. The van der Waals surface area contributed by atoms with Gasteiger partial charge in [-0.3, -0.25) is 9.59 Å². The highest BCUT2D eigenvalue weighted by molar-refractivity contribution is 6.01. The van der Waals surface area contributed by atoms with E-state index in [1.54, 1.807) is 49.8 Å². The van der Waals surface area contributed by atoms with E-state index < -0.39 is 11.6 Å². The van der Waals surface area contributed by atoms with Crippen LogP contribution in [0.4, 0.5) is 0 Å². The Labute approximate surface area is 133 Å². The first-order chi connectivity index (χ1) is 11.1. The van der Waals surface area contributed by atoms with Crippen LogP contribution in [-0.2, 0) is 5.54 Å². The van der Waals surface area contributed by atoms with Gasteiger partial charge < -0.3 is 10.0 Å². The molecule has 2 aromatic rings. The highest BCUT2D eigenvalue weighted by atomic mass is 16.3. The number of nitrogens with zero attached hydrogens (tertiary/aromatic N) is 3. The third-order valence-electron chi connectivity index (χ3n) is 4.39. The molecule has 1 N–H and O–H groups in total. The Morgan fingerprint density at radius 3 is 2.52 bits per heavy atom. The molecule has 6 nitrogen and oxygen atoms in total. The monoisotopic (exact) mass is 311 g/mol. The van der Waals surface area contributed by atoms with Crippen molar-refractivity contribution in [3.05, 3.63) is 59.7 Å². The van der Waals surface area contributed by atoms with Crippen LogP contribution < -0.4 is 0 Å². The number of amides is 1. The van der Waals surface area contributed by atoms with Crippen LogP contribution in [0.1, 0.15) is 39.4 Å². The molecule has 3 rings (SSSR count). The highest BCUT2D eigenvalue weighted by Crippen LogP contribution is 2.45. The standard InChI is InChI=1S/C17H17N3O3/c1-20(15(23)14-6-3-2-5-12(14)11-21)17(9-13(22)10-17)16-18-7-4-8-19-16/h2-8,11,13,22H,9-10H2,1H3. The van der Waals surface area contributed by atoms with Crippen molar-refractivity contribution in [1.82, 2.24) is 14.9 Å². The van der Waals surface area contributed by atoms with Crippen LogP contribution in [0.25, 0.3) is 0 Å². The number of hydrogen-bond acceptors (Lipinski definition) is 5. The summed E-state index contributed by atoms with van der Waals surface area (Å²) in [6.45, 7) is 0. The molecule has 0 bridgehead atoms. The van der Waals surface area contributed by atoms with Crippen molar-refractivity contribution in [2.75, 3.05) is 7.05 Å². The van der Waals surface area contributed by atoms with E-state index in [1.807, 2.05) is 0 Å². The average Bonchev–Trinajstić information content (AvgIpc) is 2.58. The molecular weight excluding hydrogens is 294 g/mol. The Balaban J connectivity index is 1.98. The molecule has 1 saturated carbocycles. The molecular formula is C17H17N3O3. The molecule has 0 saturated heterocycles. The zero-order valence-electron chi connectivity index (χ0n) is 12.7. The van der Waals surface area contributed by atoms with Gasteiger partial charge in [0.05, 0.1) is 11.7 Å². The van der Waals surface area contributed by atoms with Crippen LogP contribution >= 0.6 is 0 Å². The molecule has 0 atom stereocenters. The predicted octanol–water partition coefficient (Wildman–Crippen LogP) is 1.41. The maximum atomic E-state index is 12.9. The molecule has 1 amide bonds. The van der Waals surface area contributed by atoms with Gasteiger partial charge in [0.1, 0.15) is 5.54 Å². The lowest BCUT2D eigenvalue weighted by Gasteiger charge is -2.49. The molecule has 0 spiro atoms. The first kappa shape index (κ1) is 15.3. The summed E-state index contributed by atoms with van der Waals surface area (Å²) in [7, 11) is 1.66. The Bertz CT molecular complexity index is 727. The van der Waals surface area contributed by atoms with Crippen LogP contribution in [0.5, 0.6) is 0 Å². The summed E-state index contributed by atoms with van der Waals surface area (Å²) in [5, 5.41) is 9.80. The molecule has 0 aliphatic heterocycles. The van der Waals surface area contributed by atoms with E-state index in [9.17, 15) is 14.7 Å². The van der Waals surface area contributed by atoms with Crippen molar-refractivity contribution in [2.45, 2.75) is 24.5 Å². The summed E-state index contributed by atoms with van der Waals surface area (Å²) >= 11 is 0. The van der Waals surface area contributed by atoms with Gasteiger partial charge in [-0.2, -0.15) is 0 Å². The van der Waals surface area contributed by atoms with Crippen LogP contribution in [0.3, 0.4) is 0 Å². The normalized spacial score (nSPS) is 23.0. The second kappa shape index (κ2) is 5.89. The summed E-state index contributed by atoms with van der Waals surface area (Å²) < 4.78 is 0. The van der Waals surface area contributed by atoms with Gasteiger partial charge in [-0.1, -0.05) is 18.2 Å². The van der Waals surface area contributed by atoms with E-state index in [4.69, 9.17) is 0 Å². The molecule has 1 aliphatic rings. The second-order valence-electron chi connectivity index (χ2n) is 5.74. The molecule has 0 unspecified atom stereocenters. The zero-order valence-corrected chi connectivity index (χ0v) is 12.7. The van der Waals surface area contributed by atoms with E-state index in [2.05, 4.69) is 9.97 Å². The van der Waals surface area contributed by atoms with E-state index in [0.29, 0.717) is 36.1 Å². The van der Waals surface area contributed by atoms with Gasteiger partial charge in [0.15, 0.2) is 12.1 Å². The Hall–Kier alpha value is -2.60. The van der Waals surface area contributed by atoms with Crippen LogP contribution in [0.2, 0.25) is 0 Å². The minimum Gasteiger partial charge on any atom is -0.393 e. The van der Waals surface area contributed by atoms with Gasteiger partial charge in [0.25, 0.3) is 5.91 Å². The average molecular weight is 311 g/mol. The topological polar surface area (TPSA) is 83.4 Å². The first-order valence-corrected chi connectivity index (χ1v) is 7.36. The van der Waals surface area contributed by atoms with Crippen molar-refractivity contribution < 1.29 is 14.7 Å². The van der Waals surface area contributed by atoms with E-state index >= 15 is 0 Å². The number of hydrogen-bond donors (Lipinski definition) is 1. The maximum absolute atomic E-state index is 12.9. The van der Waals surface area contributed by atoms with E-state index in [0.717, 1.165) is 0 Å². The summed E-state index contributed by atoms with van der Waals surface area (Å²) in [4.78, 5) is 34.1. The van der Waals surface area contributed by atoms with Crippen molar-refractivity contribution >= 4 is 12.2 Å². The fourth-order valence-electron chi connectivity index (χ4n) is 3.04.